The molecule has 2 N–H and O–H groups in total. The van der Waals surface area contributed by atoms with E-state index < -0.39 is 10.0 Å². The molecule has 7 heteroatoms. The van der Waals surface area contributed by atoms with Gasteiger partial charge in [0.25, 0.3) is 6.01 Å². The first-order valence-electron chi connectivity index (χ1n) is 9.76. The molecule has 4 rings (SSSR count). The molecule has 0 amide bonds. The SMILES string of the molecule is CC(NS(=O)(=O)c1ccc2oc(Nc3ccccc3)nc2c1)C1CCCCC1. The molecule has 0 aliphatic heterocycles. The average molecular weight is 400 g/mol. The van der Waals surface area contributed by atoms with E-state index in [9.17, 15) is 8.42 Å². The Labute approximate surface area is 165 Å². The van der Waals surface area contributed by atoms with Gasteiger partial charge in [0.15, 0.2) is 5.58 Å². The van der Waals surface area contributed by atoms with E-state index in [2.05, 4.69) is 15.0 Å². The Morgan fingerprint density at radius 2 is 1.82 bits per heavy atom. The van der Waals surface area contributed by atoms with Gasteiger partial charge in [-0.1, -0.05) is 37.5 Å². The van der Waals surface area contributed by atoms with Crippen LogP contribution in [-0.2, 0) is 10.0 Å². The highest BCUT2D eigenvalue weighted by Crippen LogP contribution is 2.28. The minimum atomic E-state index is -3.60. The van der Waals surface area contributed by atoms with E-state index in [0.717, 1.165) is 18.5 Å². The Morgan fingerprint density at radius 1 is 1.07 bits per heavy atom. The number of nitrogens with zero attached hydrogens (tertiary/aromatic N) is 1. The molecular weight excluding hydrogens is 374 g/mol. The van der Waals surface area contributed by atoms with Gasteiger partial charge in [0.2, 0.25) is 10.0 Å². The standard InChI is InChI=1S/C21H25N3O3S/c1-15(16-8-4-2-5-9-16)24-28(25,26)18-12-13-20-19(14-18)23-21(27-20)22-17-10-6-3-7-11-17/h3,6-7,10-16,24H,2,4-5,8-9H2,1H3,(H,22,23). The molecule has 6 nitrogen and oxygen atoms in total. The summed E-state index contributed by atoms with van der Waals surface area (Å²) in [6, 6.07) is 14.6. The maximum absolute atomic E-state index is 12.8. The molecule has 0 bridgehead atoms. The predicted molar refractivity (Wildman–Crippen MR) is 110 cm³/mol. The maximum Gasteiger partial charge on any atom is 0.300 e. The number of rotatable bonds is 6. The summed E-state index contributed by atoms with van der Waals surface area (Å²) in [7, 11) is -3.60. The zero-order valence-corrected chi connectivity index (χ0v) is 16.7. The Bertz CT molecular complexity index is 1040. The number of sulfonamides is 1. The first-order valence-corrected chi connectivity index (χ1v) is 11.2. The van der Waals surface area contributed by atoms with Gasteiger partial charge in [0.1, 0.15) is 5.52 Å². The molecule has 0 spiro atoms. The van der Waals surface area contributed by atoms with Crippen molar-refractivity contribution in [1.29, 1.82) is 0 Å². The summed E-state index contributed by atoms with van der Waals surface area (Å²) in [5.41, 5.74) is 1.90. The smallest absolute Gasteiger partial charge is 0.300 e. The van der Waals surface area contributed by atoms with Crippen molar-refractivity contribution in [3.05, 3.63) is 48.5 Å². The first kappa shape index (κ1) is 19.0. The lowest BCUT2D eigenvalue weighted by Crippen LogP contribution is -2.38. The molecule has 2 aromatic carbocycles. The second-order valence-corrected chi connectivity index (χ2v) is 9.16. The minimum Gasteiger partial charge on any atom is -0.423 e. The molecule has 1 heterocycles. The molecule has 1 aliphatic carbocycles. The highest BCUT2D eigenvalue weighted by atomic mass is 32.2. The second-order valence-electron chi connectivity index (χ2n) is 7.45. The number of aromatic nitrogens is 1. The van der Waals surface area contributed by atoms with Gasteiger partial charge < -0.3 is 9.73 Å². The van der Waals surface area contributed by atoms with Crippen molar-refractivity contribution in [2.24, 2.45) is 5.92 Å². The normalized spacial score (nSPS) is 16.9. The van der Waals surface area contributed by atoms with Gasteiger partial charge in [0, 0.05) is 11.7 Å². The van der Waals surface area contributed by atoms with Gasteiger partial charge in [-0.3, -0.25) is 0 Å². The molecule has 1 unspecified atom stereocenters. The van der Waals surface area contributed by atoms with E-state index in [1.807, 2.05) is 37.3 Å². The van der Waals surface area contributed by atoms with Crippen molar-refractivity contribution in [2.75, 3.05) is 5.32 Å². The molecule has 1 aliphatic rings. The van der Waals surface area contributed by atoms with Crippen LogP contribution < -0.4 is 10.0 Å². The number of nitrogens with one attached hydrogen (secondary N) is 2. The molecule has 0 saturated heterocycles. The molecule has 3 aromatic rings. The number of oxazole rings is 1. The molecular formula is C21H25N3O3S. The van der Waals surface area contributed by atoms with Crippen molar-refractivity contribution in [2.45, 2.75) is 50.0 Å². The van der Waals surface area contributed by atoms with E-state index in [1.54, 1.807) is 18.2 Å². The van der Waals surface area contributed by atoms with Gasteiger partial charge >= 0.3 is 0 Å². The summed E-state index contributed by atoms with van der Waals surface area (Å²) in [6.07, 6.45) is 5.77. The van der Waals surface area contributed by atoms with Crippen molar-refractivity contribution in [3.63, 3.8) is 0 Å². The third-order valence-corrected chi connectivity index (χ3v) is 6.95. The van der Waals surface area contributed by atoms with Crippen molar-refractivity contribution in [1.82, 2.24) is 9.71 Å². The summed E-state index contributed by atoms with van der Waals surface area (Å²) in [6.45, 7) is 1.96. The summed E-state index contributed by atoms with van der Waals surface area (Å²) in [5, 5.41) is 3.08. The van der Waals surface area contributed by atoms with Crippen LogP contribution in [0.25, 0.3) is 11.1 Å². The van der Waals surface area contributed by atoms with Crippen LogP contribution in [0.2, 0.25) is 0 Å². The Morgan fingerprint density at radius 3 is 2.57 bits per heavy atom. The first-order chi connectivity index (χ1) is 13.5. The van der Waals surface area contributed by atoms with Crippen LogP contribution >= 0.6 is 0 Å². The summed E-state index contributed by atoms with van der Waals surface area (Å²) >= 11 is 0. The van der Waals surface area contributed by atoms with Gasteiger partial charge in [-0.05, 0) is 56.0 Å². The number of fused-ring (bicyclic) bond motifs is 1. The van der Waals surface area contributed by atoms with Gasteiger partial charge in [0.05, 0.1) is 4.90 Å². The van der Waals surface area contributed by atoms with Crippen LogP contribution in [0.3, 0.4) is 0 Å². The third kappa shape index (κ3) is 4.20. The van der Waals surface area contributed by atoms with Crippen molar-refractivity contribution >= 4 is 32.8 Å². The zero-order valence-electron chi connectivity index (χ0n) is 15.9. The molecule has 1 fully saturated rings. The molecule has 0 radical (unpaired) electrons. The van der Waals surface area contributed by atoms with E-state index >= 15 is 0 Å². The highest BCUT2D eigenvalue weighted by molar-refractivity contribution is 7.89. The van der Waals surface area contributed by atoms with Crippen LogP contribution in [0.1, 0.15) is 39.0 Å². The molecule has 148 valence electrons. The minimum absolute atomic E-state index is 0.0754. The van der Waals surface area contributed by atoms with E-state index in [1.165, 1.54) is 19.3 Å². The van der Waals surface area contributed by atoms with Crippen LogP contribution in [0.15, 0.2) is 57.8 Å². The van der Waals surface area contributed by atoms with Gasteiger partial charge in [-0.2, -0.15) is 4.98 Å². The number of para-hydroxylation sites is 1. The van der Waals surface area contributed by atoms with Crippen LogP contribution in [0.5, 0.6) is 0 Å². The lowest BCUT2D eigenvalue weighted by molar-refractivity contribution is 0.303. The van der Waals surface area contributed by atoms with E-state index in [0.29, 0.717) is 23.0 Å². The maximum atomic E-state index is 12.8. The Balaban J connectivity index is 1.53. The van der Waals surface area contributed by atoms with Crippen molar-refractivity contribution in [3.8, 4) is 0 Å². The summed E-state index contributed by atoms with van der Waals surface area (Å²) in [5.74, 6) is 0.404. The summed E-state index contributed by atoms with van der Waals surface area (Å²) < 4.78 is 34.2. The molecule has 1 aromatic heterocycles. The lowest BCUT2D eigenvalue weighted by Gasteiger charge is -2.28. The van der Waals surface area contributed by atoms with Crippen LogP contribution in [0.4, 0.5) is 11.7 Å². The Hall–Kier alpha value is -2.38. The highest BCUT2D eigenvalue weighted by Gasteiger charge is 2.25. The topological polar surface area (TPSA) is 84.2 Å². The molecule has 1 saturated carbocycles. The molecule has 28 heavy (non-hydrogen) atoms. The fourth-order valence-corrected chi connectivity index (χ4v) is 5.15. The summed E-state index contributed by atoms with van der Waals surface area (Å²) in [4.78, 5) is 4.59. The quantitative estimate of drug-likeness (QED) is 0.621. The van der Waals surface area contributed by atoms with E-state index in [4.69, 9.17) is 4.42 Å². The number of hydrogen-bond acceptors (Lipinski definition) is 5. The van der Waals surface area contributed by atoms with Crippen LogP contribution in [-0.4, -0.2) is 19.4 Å². The second kappa shape index (κ2) is 7.93. The third-order valence-electron chi connectivity index (χ3n) is 5.39. The van der Waals surface area contributed by atoms with Gasteiger partial charge in [-0.25, -0.2) is 13.1 Å². The monoisotopic (exact) mass is 399 g/mol. The van der Waals surface area contributed by atoms with Gasteiger partial charge in [-0.15, -0.1) is 0 Å². The Kier molecular flexibility index (Phi) is 5.37. The number of anilines is 2. The number of benzene rings is 2. The number of hydrogen-bond donors (Lipinski definition) is 2. The average Bonchev–Trinajstić information content (AvgIpc) is 3.10. The predicted octanol–water partition coefficient (Wildman–Crippen LogP) is 4.82. The fourth-order valence-electron chi connectivity index (χ4n) is 3.82. The van der Waals surface area contributed by atoms with Crippen LogP contribution in [0, 0.1) is 5.92 Å². The van der Waals surface area contributed by atoms with E-state index in [-0.39, 0.29) is 10.9 Å². The van der Waals surface area contributed by atoms with Crippen molar-refractivity contribution < 1.29 is 12.8 Å². The lowest BCUT2D eigenvalue weighted by atomic mass is 9.85. The largest absolute Gasteiger partial charge is 0.423 e. The zero-order chi connectivity index (χ0) is 19.6. The molecule has 1 atom stereocenters. The fraction of sp³-hybridized carbons (Fsp3) is 0.381.